The van der Waals surface area contributed by atoms with E-state index >= 15 is 0 Å². The number of allylic oxidation sites excluding steroid dienone is 1. The number of benzene rings is 2. The minimum Gasteiger partial charge on any atom is -0.480 e. The number of para-hydroxylation sites is 1. The quantitative estimate of drug-likeness (QED) is 0.0722. The Balaban J connectivity index is 0.962. The average molecular weight is 838 g/mol. The molecule has 2 spiro atoms. The van der Waals surface area contributed by atoms with Crippen molar-refractivity contribution in [2.45, 2.75) is 123 Å². The van der Waals surface area contributed by atoms with E-state index < -0.39 is 40.8 Å². The van der Waals surface area contributed by atoms with Crippen molar-refractivity contribution in [3.63, 3.8) is 0 Å². The fourth-order valence-corrected chi connectivity index (χ4v) is 10.2. The van der Waals surface area contributed by atoms with Gasteiger partial charge >= 0.3 is 23.9 Å². The zero-order valence-corrected chi connectivity index (χ0v) is 36.7. The number of fused-ring (bicyclic) bond motifs is 1. The van der Waals surface area contributed by atoms with Crippen LogP contribution >= 0.6 is 0 Å². The lowest BCUT2D eigenvalue weighted by Gasteiger charge is -2.50. The molecule has 7 rings (SSSR count). The molecule has 2 aromatic carbocycles. The van der Waals surface area contributed by atoms with E-state index in [2.05, 4.69) is 57.1 Å². The first-order chi connectivity index (χ1) is 29.0. The molecule has 2 aliphatic carbocycles. The highest BCUT2D eigenvalue weighted by molar-refractivity contribution is 6.19. The fraction of sp³-hybridized carbons (Fsp3) is 0.531. The van der Waals surface area contributed by atoms with Gasteiger partial charge in [-0.3, -0.25) is 4.79 Å². The summed E-state index contributed by atoms with van der Waals surface area (Å²) in [5.74, 6) is -4.68. The summed E-state index contributed by atoms with van der Waals surface area (Å²) in [6.07, 6.45) is 9.61. The molecule has 0 aromatic heterocycles. The van der Waals surface area contributed by atoms with E-state index in [1.54, 1.807) is 19.1 Å². The van der Waals surface area contributed by atoms with E-state index in [9.17, 15) is 24.3 Å². The third-order valence-electron chi connectivity index (χ3n) is 14.0. The topological polar surface area (TPSA) is 141 Å². The SMILES string of the molecule is CCOC(=O)CC[N+]1=C(/C=C/C2=C(O)OC3(CCC(C(C)(C)C4CCC5(CC4)OC(=O)C(=Cc4ccc(N(CC)CC)cc4)C(=O)O5)CC3)OC2=O)C(C)(C)c2ccccc21. The molecule has 2 aromatic rings. The molecule has 12 heteroatoms. The molecule has 0 atom stereocenters. The van der Waals surface area contributed by atoms with Crippen molar-refractivity contribution in [1.82, 2.24) is 0 Å². The summed E-state index contributed by atoms with van der Waals surface area (Å²) < 4.78 is 31.1. The van der Waals surface area contributed by atoms with Gasteiger partial charge in [-0.25, -0.2) is 14.4 Å². The lowest BCUT2D eigenvalue weighted by atomic mass is 9.60. The van der Waals surface area contributed by atoms with E-state index in [1.807, 2.05) is 42.5 Å². The normalized spacial score (nSPS) is 26.2. The van der Waals surface area contributed by atoms with Crippen LogP contribution in [-0.2, 0) is 48.3 Å². The Labute approximate surface area is 359 Å². The van der Waals surface area contributed by atoms with Crippen molar-refractivity contribution >= 4 is 47.0 Å². The van der Waals surface area contributed by atoms with Crippen LogP contribution < -0.4 is 4.90 Å². The summed E-state index contributed by atoms with van der Waals surface area (Å²) >= 11 is 0. The number of esters is 4. The molecular weight excluding hydrogens is 777 g/mol. The van der Waals surface area contributed by atoms with Crippen LogP contribution in [0.3, 0.4) is 0 Å². The summed E-state index contributed by atoms with van der Waals surface area (Å²) in [6, 6.07) is 15.7. The predicted molar refractivity (Wildman–Crippen MR) is 230 cm³/mol. The van der Waals surface area contributed by atoms with Gasteiger partial charge in [0.05, 0.1) is 12.0 Å². The van der Waals surface area contributed by atoms with Crippen molar-refractivity contribution < 1.29 is 52.5 Å². The van der Waals surface area contributed by atoms with Crippen LogP contribution in [0.15, 0.2) is 77.8 Å². The number of aliphatic hydroxyl groups is 1. The highest BCUT2D eigenvalue weighted by atomic mass is 16.8. The van der Waals surface area contributed by atoms with E-state index in [1.165, 1.54) is 6.08 Å². The van der Waals surface area contributed by atoms with E-state index in [0.29, 0.717) is 64.5 Å². The lowest BCUT2D eigenvalue weighted by Crippen LogP contribution is -2.51. The van der Waals surface area contributed by atoms with Crippen LogP contribution in [0.5, 0.6) is 0 Å². The number of rotatable bonds is 12. The zero-order chi connectivity index (χ0) is 43.7. The second-order valence-corrected chi connectivity index (χ2v) is 18.1. The molecule has 0 unspecified atom stereocenters. The molecule has 1 N–H and O–H groups in total. The van der Waals surface area contributed by atoms with Crippen LogP contribution in [0.2, 0.25) is 0 Å². The Morgan fingerprint density at radius 1 is 0.820 bits per heavy atom. The Bertz CT molecular complexity index is 2140. The second-order valence-electron chi connectivity index (χ2n) is 18.1. The molecule has 3 aliphatic heterocycles. The van der Waals surface area contributed by atoms with Crippen LogP contribution in [0.4, 0.5) is 11.4 Å². The lowest BCUT2D eigenvalue weighted by molar-refractivity contribution is -0.436. The summed E-state index contributed by atoms with van der Waals surface area (Å²) in [6.45, 7) is 17.1. The maximum absolute atomic E-state index is 13.6. The van der Waals surface area contributed by atoms with Gasteiger partial charge in [0.25, 0.3) is 17.5 Å². The third-order valence-corrected chi connectivity index (χ3v) is 14.0. The number of carbonyl (C=O) groups is 4. The molecule has 1 saturated heterocycles. The monoisotopic (exact) mass is 837 g/mol. The van der Waals surface area contributed by atoms with Gasteiger partial charge < -0.3 is 33.7 Å². The van der Waals surface area contributed by atoms with Gasteiger partial charge in [-0.2, -0.15) is 4.58 Å². The maximum Gasteiger partial charge on any atom is 0.348 e. The number of nitrogens with zero attached hydrogens (tertiary/aromatic N) is 2. The van der Waals surface area contributed by atoms with E-state index in [-0.39, 0.29) is 40.8 Å². The van der Waals surface area contributed by atoms with Gasteiger partial charge in [0, 0.05) is 62.2 Å². The number of hydrogen-bond donors (Lipinski definition) is 1. The van der Waals surface area contributed by atoms with Gasteiger partial charge in [-0.15, -0.1) is 0 Å². The summed E-state index contributed by atoms with van der Waals surface area (Å²) in [7, 11) is 0. The number of carbonyl (C=O) groups excluding carboxylic acids is 4. The van der Waals surface area contributed by atoms with Gasteiger partial charge in [0.2, 0.25) is 5.69 Å². The van der Waals surface area contributed by atoms with Gasteiger partial charge in [-0.05, 0) is 107 Å². The minimum absolute atomic E-state index is 0.0648. The van der Waals surface area contributed by atoms with Gasteiger partial charge in [-0.1, -0.05) is 44.2 Å². The highest BCUT2D eigenvalue weighted by Gasteiger charge is 2.54. The predicted octanol–water partition coefficient (Wildman–Crippen LogP) is 8.74. The Hall–Kier alpha value is -5.39. The summed E-state index contributed by atoms with van der Waals surface area (Å²) in [4.78, 5) is 54.6. The highest BCUT2D eigenvalue weighted by Crippen LogP contribution is 2.53. The first kappa shape index (κ1) is 43.7. The van der Waals surface area contributed by atoms with Crippen molar-refractivity contribution in [3.05, 3.63) is 88.9 Å². The fourth-order valence-electron chi connectivity index (χ4n) is 10.2. The first-order valence-corrected chi connectivity index (χ1v) is 22.0. The Morgan fingerprint density at radius 2 is 1.38 bits per heavy atom. The minimum atomic E-state index is -1.27. The number of hydrogen-bond acceptors (Lipinski definition) is 11. The number of anilines is 1. The second kappa shape index (κ2) is 17.2. The van der Waals surface area contributed by atoms with Crippen molar-refractivity contribution in [3.8, 4) is 0 Å². The average Bonchev–Trinajstić information content (AvgIpc) is 3.44. The summed E-state index contributed by atoms with van der Waals surface area (Å²) in [5, 5.41) is 11.2. The molecule has 0 radical (unpaired) electrons. The Morgan fingerprint density at radius 3 is 1.93 bits per heavy atom. The maximum atomic E-state index is 13.6. The number of aliphatic hydroxyl groups excluding tert-OH is 1. The van der Waals surface area contributed by atoms with E-state index in [0.717, 1.165) is 41.3 Å². The molecule has 0 amide bonds. The van der Waals surface area contributed by atoms with Crippen LogP contribution in [-0.4, -0.2) is 77.1 Å². The molecule has 326 valence electrons. The zero-order valence-electron chi connectivity index (χ0n) is 36.7. The summed E-state index contributed by atoms with van der Waals surface area (Å²) in [5.41, 5.74) is 3.96. The molecule has 2 saturated carbocycles. The first-order valence-electron chi connectivity index (χ1n) is 22.0. The van der Waals surface area contributed by atoms with Crippen LogP contribution in [0, 0.1) is 17.3 Å². The van der Waals surface area contributed by atoms with Crippen molar-refractivity contribution in [2.24, 2.45) is 17.3 Å². The van der Waals surface area contributed by atoms with Crippen LogP contribution in [0.1, 0.15) is 117 Å². The molecule has 5 aliphatic rings. The standard InChI is InChI=1S/C49H60N2O10/c1-8-50(9-2)35-17-15-32(16-18-35)31-37-44(55)60-49(61-45(37)56)28-23-34(24-29-49)46(4,5)33-21-26-48(27-22-33)58-42(53)36(43(54)59-48)19-20-40-47(6,7)38-13-11-12-14-39(38)51(40)30-25-41(52)57-10-3/h11-20,31,33-34H,8-10,21-30H2,1-7H3/p+1. The molecule has 61 heavy (non-hydrogen) atoms. The molecule has 3 heterocycles. The molecule has 12 nitrogen and oxygen atoms in total. The largest absolute Gasteiger partial charge is 0.480 e. The van der Waals surface area contributed by atoms with Gasteiger partial charge in [0.15, 0.2) is 12.3 Å². The number of ether oxygens (including phenoxy) is 5. The smallest absolute Gasteiger partial charge is 0.348 e. The van der Waals surface area contributed by atoms with Crippen molar-refractivity contribution in [2.75, 3.05) is 31.1 Å². The molecule has 3 fully saturated rings. The van der Waals surface area contributed by atoms with Crippen LogP contribution in [0.25, 0.3) is 6.08 Å². The van der Waals surface area contributed by atoms with E-state index in [4.69, 9.17) is 23.7 Å². The molecule has 0 bridgehead atoms. The Kier molecular flexibility index (Phi) is 12.3. The van der Waals surface area contributed by atoms with Crippen molar-refractivity contribution in [1.29, 1.82) is 0 Å². The van der Waals surface area contributed by atoms with Gasteiger partial charge in [0.1, 0.15) is 17.6 Å². The third kappa shape index (κ3) is 8.60. The molecular formula is C49H61N2O10+.